The smallest absolute Gasteiger partial charge is 0.303 e. The Kier molecular flexibility index (Phi) is 4.09. The molecule has 0 unspecified atom stereocenters. The Labute approximate surface area is 98.3 Å². The maximum Gasteiger partial charge on any atom is 0.303 e. The van der Waals surface area contributed by atoms with Crippen LogP contribution in [0.25, 0.3) is 0 Å². The summed E-state index contributed by atoms with van der Waals surface area (Å²) in [4.78, 5) is 22.1. The Hall–Kier alpha value is -2.04. The SMILES string of the molecule is CCc1cc(O)cc(O)c1C(=O)CCC(=O)O. The lowest BCUT2D eigenvalue weighted by Crippen LogP contribution is -2.07. The molecule has 0 aliphatic rings. The van der Waals surface area contributed by atoms with Crippen molar-refractivity contribution in [1.29, 1.82) is 0 Å². The van der Waals surface area contributed by atoms with Gasteiger partial charge in [-0.05, 0) is 18.1 Å². The van der Waals surface area contributed by atoms with Crippen LogP contribution in [-0.4, -0.2) is 27.1 Å². The molecule has 5 nitrogen and oxygen atoms in total. The molecular formula is C12H14O5. The molecule has 1 aromatic rings. The van der Waals surface area contributed by atoms with Gasteiger partial charge in [0.1, 0.15) is 11.5 Å². The van der Waals surface area contributed by atoms with Gasteiger partial charge < -0.3 is 15.3 Å². The van der Waals surface area contributed by atoms with Crippen LogP contribution in [-0.2, 0) is 11.2 Å². The first-order valence-corrected chi connectivity index (χ1v) is 5.25. The molecule has 0 saturated carbocycles. The molecule has 1 rings (SSSR count). The lowest BCUT2D eigenvalue weighted by molar-refractivity contribution is -0.136. The minimum Gasteiger partial charge on any atom is -0.508 e. The molecule has 92 valence electrons. The van der Waals surface area contributed by atoms with Crippen molar-refractivity contribution in [2.45, 2.75) is 26.2 Å². The number of phenols is 2. The Morgan fingerprint density at radius 1 is 1.18 bits per heavy atom. The summed E-state index contributed by atoms with van der Waals surface area (Å²) in [7, 11) is 0. The second-order valence-electron chi connectivity index (χ2n) is 3.67. The van der Waals surface area contributed by atoms with Gasteiger partial charge in [0.05, 0.1) is 12.0 Å². The fraction of sp³-hybridized carbons (Fsp3) is 0.333. The van der Waals surface area contributed by atoms with Gasteiger partial charge in [-0.25, -0.2) is 0 Å². The monoisotopic (exact) mass is 238 g/mol. The molecule has 0 atom stereocenters. The van der Waals surface area contributed by atoms with Crippen LogP contribution >= 0.6 is 0 Å². The average molecular weight is 238 g/mol. The van der Waals surface area contributed by atoms with E-state index in [0.717, 1.165) is 6.07 Å². The number of carboxylic acids is 1. The molecule has 0 spiro atoms. The number of carbonyl (C=O) groups excluding carboxylic acids is 1. The van der Waals surface area contributed by atoms with Crippen molar-refractivity contribution < 1.29 is 24.9 Å². The van der Waals surface area contributed by atoms with E-state index in [1.165, 1.54) is 6.07 Å². The zero-order chi connectivity index (χ0) is 13.0. The third-order valence-corrected chi connectivity index (χ3v) is 2.41. The fourth-order valence-corrected chi connectivity index (χ4v) is 1.62. The van der Waals surface area contributed by atoms with Gasteiger partial charge in [0.15, 0.2) is 5.78 Å². The van der Waals surface area contributed by atoms with E-state index in [1.807, 2.05) is 0 Å². The minimum atomic E-state index is -1.06. The highest BCUT2D eigenvalue weighted by Gasteiger charge is 2.17. The topological polar surface area (TPSA) is 94.8 Å². The molecule has 0 bridgehead atoms. The number of aromatic hydroxyl groups is 2. The van der Waals surface area contributed by atoms with Crippen LogP contribution in [0.4, 0.5) is 0 Å². The average Bonchev–Trinajstić information content (AvgIpc) is 2.24. The first-order valence-electron chi connectivity index (χ1n) is 5.25. The summed E-state index contributed by atoms with van der Waals surface area (Å²) < 4.78 is 0. The fourth-order valence-electron chi connectivity index (χ4n) is 1.62. The van der Waals surface area contributed by atoms with Crippen LogP contribution in [0.1, 0.15) is 35.7 Å². The third-order valence-electron chi connectivity index (χ3n) is 2.41. The number of carboxylic acid groups (broad SMARTS) is 1. The van der Waals surface area contributed by atoms with Crippen molar-refractivity contribution in [3.8, 4) is 11.5 Å². The molecule has 0 saturated heterocycles. The summed E-state index contributed by atoms with van der Waals surface area (Å²) in [5, 5.41) is 27.4. The first kappa shape index (κ1) is 13.0. The minimum absolute atomic E-state index is 0.103. The number of aliphatic carboxylic acids is 1. The lowest BCUT2D eigenvalue weighted by Gasteiger charge is -2.09. The van der Waals surface area contributed by atoms with Gasteiger partial charge in [-0.2, -0.15) is 0 Å². The van der Waals surface area contributed by atoms with Crippen molar-refractivity contribution in [2.24, 2.45) is 0 Å². The van der Waals surface area contributed by atoms with Gasteiger partial charge in [0.2, 0.25) is 0 Å². The number of carbonyl (C=O) groups is 2. The summed E-state index contributed by atoms with van der Waals surface area (Å²) >= 11 is 0. The molecule has 0 heterocycles. The number of ketones is 1. The summed E-state index contributed by atoms with van der Waals surface area (Å²) in [5.41, 5.74) is 0.615. The van der Waals surface area contributed by atoms with Crippen molar-refractivity contribution >= 4 is 11.8 Å². The van der Waals surface area contributed by atoms with E-state index in [2.05, 4.69) is 0 Å². The second kappa shape index (κ2) is 5.34. The normalized spacial score (nSPS) is 10.2. The van der Waals surface area contributed by atoms with E-state index < -0.39 is 11.8 Å². The molecule has 0 amide bonds. The van der Waals surface area contributed by atoms with Crippen LogP contribution in [0.15, 0.2) is 12.1 Å². The van der Waals surface area contributed by atoms with E-state index in [-0.39, 0.29) is 29.9 Å². The van der Waals surface area contributed by atoms with E-state index in [0.29, 0.717) is 12.0 Å². The predicted octanol–water partition coefficient (Wildman–Crippen LogP) is 1.71. The number of rotatable bonds is 5. The molecule has 0 fully saturated rings. The molecule has 3 N–H and O–H groups in total. The Morgan fingerprint density at radius 3 is 2.35 bits per heavy atom. The number of hydrogen-bond acceptors (Lipinski definition) is 4. The highest BCUT2D eigenvalue weighted by atomic mass is 16.4. The summed E-state index contributed by atoms with van der Waals surface area (Å²) in [6, 6.07) is 2.47. The Balaban J connectivity index is 3.03. The standard InChI is InChI=1S/C12H14O5/c1-2-7-5-8(13)6-10(15)12(7)9(14)3-4-11(16)17/h5-6,13,15H,2-4H2,1H3,(H,16,17). The number of Topliss-reactive ketones (excluding diaryl/α,β-unsaturated/α-hetero) is 1. The Morgan fingerprint density at radius 2 is 1.82 bits per heavy atom. The van der Waals surface area contributed by atoms with Gasteiger partial charge >= 0.3 is 5.97 Å². The van der Waals surface area contributed by atoms with Crippen LogP contribution in [0.5, 0.6) is 11.5 Å². The number of aryl methyl sites for hydroxylation is 1. The predicted molar refractivity (Wildman–Crippen MR) is 60.3 cm³/mol. The van der Waals surface area contributed by atoms with Crippen LogP contribution in [0.2, 0.25) is 0 Å². The van der Waals surface area contributed by atoms with Gasteiger partial charge in [-0.3, -0.25) is 9.59 Å². The molecule has 0 aliphatic heterocycles. The van der Waals surface area contributed by atoms with Crippen molar-refractivity contribution in [1.82, 2.24) is 0 Å². The van der Waals surface area contributed by atoms with E-state index in [4.69, 9.17) is 5.11 Å². The zero-order valence-corrected chi connectivity index (χ0v) is 9.43. The molecule has 17 heavy (non-hydrogen) atoms. The summed E-state index contributed by atoms with van der Waals surface area (Å²) in [6.45, 7) is 1.78. The zero-order valence-electron chi connectivity index (χ0n) is 9.43. The van der Waals surface area contributed by atoms with Crippen LogP contribution in [0, 0.1) is 0 Å². The second-order valence-corrected chi connectivity index (χ2v) is 3.67. The molecule has 5 heteroatoms. The Bertz CT molecular complexity index is 450. The maximum atomic E-state index is 11.8. The molecular weight excluding hydrogens is 224 g/mol. The molecule has 0 radical (unpaired) electrons. The number of benzene rings is 1. The molecule has 1 aromatic carbocycles. The third kappa shape index (κ3) is 3.21. The van der Waals surface area contributed by atoms with Gasteiger partial charge in [-0.1, -0.05) is 6.92 Å². The van der Waals surface area contributed by atoms with Gasteiger partial charge in [-0.15, -0.1) is 0 Å². The lowest BCUT2D eigenvalue weighted by atomic mass is 9.97. The van der Waals surface area contributed by atoms with Crippen LogP contribution < -0.4 is 0 Å². The first-order chi connectivity index (χ1) is 7.95. The van der Waals surface area contributed by atoms with Crippen molar-refractivity contribution in [3.63, 3.8) is 0 Å². The highest BCUT2D eigenvalue weighted by Crippen LogP contribution is 2.29. The maximum absolute atomic E-state index is 11.8. The molecule has 0 aromatic heterocycles. The summed E-state index contributed by atoms with van der Waals surface area (Å²) in [5.74, 6) is -1.91. The van der Waals surface area contributed by atoms with E-state index in [1.54, 1.807) is 6.92 Å². The largest absolute Gasteiger partial charge is 0.508 e. The van der Waals surface area contributed by atoms with E-state index >= 15 is 0 Å². The number of hydrogen-bond donors (Lipinski definition) is 3. The quantitative estimate of drug-likeness (QED) is 0.679. The van der Waals surface area contributed by atoms with E-state index in [9.17, 15) is 19.8 Å². The van der Waals surface area contributed by atoms with Crippen molar-refractivity contribution in [2.75, 3.05) is 0 Å². The summed E-state index contributed by atoms with van der Waals surface area (Å²) in [6.07, 6.45) is 0.0269. The molecule has 0 aliphatic carbocycles. The van der Waals surface area contributed by atoms with Gasteiger partial charge in [0, 0.05) is 12.5 Å². The van der Waals surface area contributed by atoms with Crippen LogP contribution in [0.3, 0.4) is 0 Å². The number of phenolic OH excluding ortho intramolecular Hbond substituents is 2. The van der Waals surface area contributed by atoms with Gasteiger partial charge in [0.25, 0.3) is 0 Å². The van der Waals surface area contributed by atoms with Crippen molar-refractivity contribution in [3.05, 3.63) is 23.3 Å². The highest BCUT2D eigenvalue weighted by molar-refractivity contribution is 6.01.